The van der Waals surface area contributed by atoms with Gasteiger partial charge in [-0.1, -0.05) is 11.8 Å². The first-order valence-corrected chi connectivity index (χ1v) is 9.69. The average molecular weight is 375 g/mol. The van der Waals surface area contributed by atoms with Crippen molar-refractivity contribution >= 4 is 40.8 Å². The van der Waals surface area contributed by atoms with Crippen LogP contribution in [-0.4, -0.2) is 30.2 Å². The van der Waals surface area contributed by atoms with Gasteiger partial charge in [0.1, 0.15) is 11.5 Å². The topological polar surface area (TPSA) is 76.2 Å². The van der Waals surface area contributed by atoms with Crippen LogP contribution in [0.15, 0.2) is 51.2 Å². The van der Waals surface area contributed by atoms with Gasteiger partial charge in [-0.3, -0.25) is 4.79 Å². The molecular weight excluding hydrogens is 358 g/mol. The van der Waals surface area contributed by atoms with Crippen LogP contribution in [0.5, 0.6) is 5.75 Å². The van der Waals surface area contributed by atoms with E-state index in [0.29, 0.717) is 10.9 Å². The lowest BCUT2D eigenvalue weighted by Crippen LogP contribution is -2.19. The normalized spacial score (nSPS) is 15.9. The molecule has 6 nitrogen and oxygen atoms in total. The first-order chi connectivity index (χ1) is 12.2. The quantitative estimate of drug-likeness (QED) is 0.594. The Kier molecular flexibility index (Phi) is 6.19. The van der Waals surface area contributed by atoms with Crippen LogP contribution >= 0.6 is 23.5 Å². The Morgan fingerprint density at radius 3 is 3.04 bits per heavy atom. The first kappa shape index (κ1) is 17.6. The number of amidine groups is 1. The summed E-state index contributed by atoms with van der Waals surface area (Å²) >= 11 is 3.10. The molecule has 0 spiro atoms. The number of rotatable bonds is 7. The number of furan rings is 1. The highest BCUT2D eigenvalue weighted by atomic mass is 32.2. The van der Waals surface area contributed by atoms with Crippen LogP contribution in [0.2, 0.25) is 0 Å². The Balaban J connectivity index is 1.63. The van der Waals surface area contributed by atoms with Gasteiger partial charge in [0.05, 0.1) is 31.1 Å². The Hall–Kier alpha value is -2.19. The number of hydrogen-bond acceptors (Lipinski definition) is 7. The maximum absolute atomic E-state index is 11.1. The van der Waals surface area contributed by atoms with Gasteiger partial charge >= 0.3 is 0 Å². The number of ether oxygens (including phenoxy) is 1. The molecule has 8 heteroatoms. The van der Waals surface area contributed by atoms with E-state index in [4.69, 9.17) is 9.15 Å². The van der Waals surface area contributed by atoms with Crippen molar-refractivity contribution < 1.29 is 13.9 Å². The van der Waals surface area contributed by atoms with Crippen molar-refractivity contribution in [2.24, 2.45) is 10.2 Å². The first-order valence-electron chi connectivity index (χ1n) is 7.55. The highest BCUT2D eigenvalue weighted by molar-refractivity contribution is 8.15. The van der Waals surface area contributed by atoms with Gasteiger partial charge in [0, 0.05) is 11.3 Å². The molecule has 0 saturated carbocycles. The van der Waals surface area contributed by atoms with Crippen LogP contribution in [0.4, 0.5) is 0 Å². The minimum absolute atomic E-state index is 0.0423. The van der Waals surface area contributed by atoms with E-state index in [2.05, 4.69) is 15.5 Å². The molecule has 130 valence electrons. The molecule has 1 N–H and O–H groups in total. The van der Waals surface area contributed by atoms with Gasteiger partial charge in [-0.15, -0.1) is 16.9 Å². The molecule has 2 heterocycles. The van der Waals surface area contributed by atoms with Crippen molar-refractivity contribution in [2.45, 2.75) is 11.5 Å². The fraction of sp³-hybridized carbons (Fsp3) is 0.235. The van der Waals surface area contributed by atoms with Gasteiger partial charge in [-0.05, 0) is 35.9 Å². The van der Waals surface area contributed by atoms with E-state index in [1.807, 2.05) is 30.3 Å². The zero-order valence-corrected chi connectivity index (χ0v) is 15.2. The Bertz CT molecular complexity index is 788. The highest BCUT2D eigenvalue weighted by Gasteiger charge is 2.15. The van der Waals surface area contributed by atoms with Gasteiger partial charge < -0.3 is 14.5 Å². The molecule has 0 atom stereocenters. The lowest BCUT2D eigenvalue weighted by atomic mass is 10.1. The van der Waals surface area contributed by atoms with Gasteiger partial charge in [0.25, 0.3) is 0 Å². The number of thioether (sulfide) groups is 2. The van der Waals surface area contributed by atoms with Crippen LogP contribution in [0.1, 0.15) is 16.9 Å². The zero-order valence-electron chi connectivity index (χ0n) is 13.6. The molecule has 1 aliphatic rings. The molecule has 1 fully saturated rings. The second-order valence-corrected chi connectivity index (χ2v) is 7.08. The highest BCUT2D eigenvalue weighted by Crippen LogP contribution is 2.26. The molecule has 1 saturated heterocycles. The van der Waals surface area contributed by atoms with E-state index in [1.165, 1.54) is 11.8 Å². The van der Waals surface area contributed by atoms with Gasteiger partial charge in [0.15, 0.2) is 5.17 Å². The zero-order chi connectivity index (χ0) is 17.5. The molecule has 3 rings (SSSR count). The summed E-state index contributed by atoms with van der Waals surface area (Å²) in [6.07, 6.45) is 3.35. The molecular formula is C17H17N3O3S2. The third-order valence-corrected chi connectivity index (χ3v) is 5.20. The lowest BCUT2D eigenvalue weighted by Gasteiger charge is -2.08. The molecule has 1 aromatic carbocycles. The maximum Gasteiger partial charge on any atom is 0.236 e. The van der Waals surface area contributed by atoms with Crippen molar-refractivity contribution in [2.75, 3.05) is 12.9 Å². The fourth-order valence-corrected chi connectivity index (χ4v) is 3.72. The molecule has 1 amide bonds. The van der Waals surface area contributed by atoms with Crippen LogP contribution < -0.4 is 10.1 Å². The second-order valence-electron chi connectivity index (χ2n) is 5.13. The minimum Gasteiger partial charge on any atom is -0.496 e. The number of hydrogen-bond donors (Lipinski definition) is 1. The summed E-state index contributed by atoms with van der Waals surface area (Å²) in [6.45, 7) is 0. The van der Waals surface area contributed by atoms with Crippen molar-refractivity contribution in [3.8, 4) is 5.75 Å². The summed E-state index contributed by atoms with van der Waals surface area (Å²) in [5.41, 5.74) is 2.01. The Morgan fingerprint density at radius 2 is 2.32 bits per heavy atom. The summed E-state index contributed by atoms with van der Waals surface area (Å²) in [4.78, 5) is 11.1. The maximum atomic E-state index is 11.1. The van der Waals surface area contributed by atoms with Crippen molar-refractivity contribution in [3.63, 3.8) is 0 Å². The SMILES string of the molecule is COc1ccc(C=NN=C2NC(=O)CS2)cc1CSCc1ccco1. The Morgan fingerprint density at radius 1 is 1.40 bits per heavy atom. The summed E-state index contributed by atoms with van der Waals surface area (Å²) < 4.78 is 10.8. The van der Waals surface area contributed by atoms with E-state index >= 15 is 0 Å². The number of nitrogens with zero attached hydrogens (tertiary/aromatic N) is 2. The predicted octanol–water partition coefficient (Wildman–Crippen LogP) is 3.27. The molecule has 1 aliphatic heterocycles. The summed E-state index contributed by atoms with van der Waals surface area (Å²) in [5, 5.41) is 11.2. The van der Waals surface area contributed by atoms with E-state index in [0.717, 1.165) is 34.1 Å². The van der Waals surface area contributed by atoms with Gasteiger partial charge in [-0.25, -0.2) is 0 Å². The number of amides is 1. The van der Waals surface area contributed by atoms with E-state index in [9.17, 15) is 4.79 Å². The van der Waals surface area contributed by atoms with Crippen molar-refractivity contribution in [3.05, 3.63) is 53.5 Å². The van der Waals surface area contributed by atoms with E-state index < -0.39 is 0 Å². The molecule has 0 radical (unpaired) electrons. The summed E-state index contributed by atoms with van der Waals surface area (Å²) in [5.74, 6) is 3.75. The molecule has 25 heavy (non-hydrogen) atoms. The van der Waals surface area contributed by atoms with Gasteiger partial charge in [0.2, 0.25) is 5.91 Å². The van der Waals surface area contributed by atoms with E-state index in [-0.39, 0.29) is 5.91 Å². The summed E-state index contributed by atoms with van der Waals surface area (Å²) in [7, 11) is 1.66. The standard InChI is InChI=1S/C17H17N3O3S2/c1-22-15-5-4-12(8-18-20-17-19-16(21)11-25-17)7-13(15)9-24-10-14-3-2-6-23-14/h2-8H,9-11H2,1H3,(H,19,20,21). The fourth-order valence-electron chi connectivity index (χ4n) is 2.18. The van der Waals surface area contributed by atoms with Crippen LogP contribution in [-0.2, 0) is 16.3 Å². The third-order valence-electron chi connectivity index (χ3n) is 3.33. The van der Waals surface area contributed by atoms with Crippen LogP contribution in [0, 0.1) is 0 Å². The number of methoxy groups -OCH3 is 1. The molecule has 0 aliphatic carbocycles. The number of nitrogens with one attached hydrogen (secondary N) is 1. The monoisotopic (exact) mass is 375 g/mol. The molecule has 2 aromatic rings. The van der Waals surface area contributed by atoms with Gasteiger partial charge in [-0.2, -0.15) is 5.10 Å². The summed E-state index contributed by atoms with van der Waals surface area (Å²) in [6, 6.07) is 9.72. The largest absolute Gasteiger partial charge is 0.496 e. The molecule has 0 unspecified atom stereocenters. The van der Waals surface area contributed by atoms with E-state index in [1.54, 1.807) is 31.3 Å². The van der Waals surface area contributed by atoms with Crippen LogP contribution in [0.25, 0.3) is 0 Å². The Labute approximate surface area is 154 Å². The third kappa shape index (κ3) is 5.14. The lowest BCUT2D eigenvalue weighted by molar-refractivity contribution is -0.116. The molecule has 1 aromatic heterocycles. The van der Waals surface area contributed by atoms with Crippen LogP contribution in [0.3, 0.4) is 0 Å². The number of carbonyl (C=O) groups excluding carboxylic acids is 1. The smallest absolute Gasteiger partial charge is 0.236 e. The number of benzene rings is 1. The average Bonchev–Trinajstić information content (AvgIpc) is 3.27. The van der Waals surface area contributed by atoms with Crippen molar-refractivity contribution in [1.82, 2.24) is 5.32 Å². The van der Waals surface area contributed by atoms with Crippen molar-refractivity contribution in [1.29, 1.82) is 0 Å². The predicted molar refractivity (Wildman–Crippen MR) is 102 cm³/mol. The number of carbonyl (C=O) groups is 1. The second kappa shape index (κ2) is 8.77. The molecule has 0 bridgehead atoms. The minimum atomic E-state index is -0.0423.